The smallest absolute Gasteiger partial charge is 0.261 e. The second-order valence-corrected chi connectivity index (χ2v) is 8.85. The molecule has 174 valence electrons. The van der Waals surface area contributed by atoms with Crippen LogP contribution >= 0.6 is 0 Å². The highest BCUT2D eigenvalue weighted by Gasteiger charge is 2.40. The molecule has 3 amide bonds. The number of rotatable bonds is 5. The Bertz CT molecular complexity index is 1290. The molecule has 7 nitrogen and oxygen atoms in total. The van der Waals surface area contributed by atoms with Gasteiger partial charge in [0.2, 0.25) is 0 Å². The van der Waals surface area contributed by atoms with Gasteiger partial charge in [-0.2, -0.15) is 0 Å². The van der Waals surface area contributed by atoms with Gasteiger partial charge in [0.05, 0.1) is 16.8 Å². The molecule has 1 fully saturated rings. The zero-order chi connectivity index (χ0) is 23.8. The molecule has 0 spiro atoms. The lowest BCUT2D eigenvalue weighted by atomic mass is 9.94. The van der Waals surface area contributed by atoms with Crippen molar-refractivity contribution in [3.63, 3.8) is 0 Å². The number of aromatic nitrogens is 2. The van der Waals surface area contributed by atoms with Crippen molar-refractivity contribution in [1.29, 1.82) is 0 Å². The van der Waals surface area contributed by atoms with Gasteiger partial charge in [-0.05, 0) is 55.7 Å². The van der Waals surface area contributed by atoms with E-state index in [0.29, 0.717) is 22.6 Å². The number of amides is 3. The first kappa shape index (κ1) is 22.0. The van der Waals surface area contributed by atoms with Crippen LogP contribution in [-0.2, 0) is 6.54 Å². The van der Waals surface area contributed by atoms with E-state index in [1.807, 2.05) is 0 Å². The Morgan fingerprint density at radius 3 is 2.53 bits per heavy atom. The molecule has 0 saturated heterocycles. The lowest BCUT2D eigenvalue weighted by Crippen LogP contribution is -2.40. The summed E-state index contributed by atoms with van der Waals surface area (Å²) in [5.41, 5.74) is 1.89. The van der Waals surface area contributed by atoms with Crippen molar-refractivity contribution in [1.82, 2.24) is 19.8 Å². The minimum absolute atomic E-state index is 0.0672. The number of imide groups is 1. The van der Waals surface area contributed by atoms with E-state index in [4.69, 9.17) is 0 Å². The van der Waals surface area contributed by atoms with E-state index in [2.05, 4.69) is 10.3 Å². The fourth-order valence-electron chi connectivity index (χ4n) is 4.84. The normalized spacial score (nSPS) is 16.1. The number of fused-ring (bicyclic) bond motifs is 1. The van der Waals surface area contributed by atoms with Crippen molar-refractivity contribution >= 4 is 17.7 Å². The number of halogens is 1. The van der Waals surface area contributed by atoms with Crippen LogP contribution in [-0.4, -0.2) is 38.2 Å². The molecule has 1 saturated carbocycles. The Balaban J connectivity index is 1.28. The molecule has 34 heavy (non-hydrogen) atoms. The zero-order valence-corrected chi connectivity index (χ0v) is 18.9. The highest BCUT2D eigenvalue weighted by Crippen LogP contribution is 2.31. The van der Waals surface area contributed by atoms with Crippen LogP contribution in [0.3, 0.4) is 0 Å². The monoisotopic (exact) mass is 460 g/mol. The molecule has 1 aliphatic carbocycles. The molecule has 2 aromatic carbocycles. The summed E-state index contributed by atoms with van der Waals surface area (Å²) in [6, 6.07) is 9.28. The molecule has 1 N–H and O–H groups in total. The van der Waals surface area contributed by atoms with E-state index in [1.165, 1.54) is 17.0 Å². The SMILES string of the molecule is Cc1nccn1-c1ccc(CNC(=O)c2ccc3c(c2)C(=O)N(C2CCCCC2)C3=O)cc1F. The summed E-state index contributed by atoms with van der Waals surface area (Å²) in [6.45, 7) is 1.91. The number of hydrogen-bond acceptors (Lipinski definition) is 4. The van der Waals surface area contributed by atoms with E-state index in [0.717, 1.165) is 32.1 Å². The van der Waals surface area contributed by atoms with Gasteiger partial charge in [-0.25, -0.2) is 9.37 Å². The Kier molecular flexibility index (Phi) is 5.73. The number of nitrogens with one attached hydrogen (secondary N) is 1. The van der Waals surface area contributed by atoms with Crippen LogP contribution < -0.4 is 5.32 Å². The maximum Gasteiger partial charge on any atom is 0.261 e. The van der Waals surface area contributed by atoms with Crippen molar-refractivity contribution in [2.75, 3.05) is 0 Å². The second-order valence-electron chi connectivity index (χ2n) is 8.85. The van der Waals surface area contributed by atoms with Gasteiger partial charge in [0.25, 0.3) is 17.7 Å². The zero-order valence-electron chi connectivity index (χ0n) is 18.9. The van der Waals surface area contributed by atoms with Crippen LogP contribution in [0.2, 0.25) is 0 Å². The molecule has 0 atom stereocenters. The van der Waals surface area contributed by atoms with Crippen LogP contribution in [0.5, 0.6) is 0 Å². The Morgan fingerprint density at radius 1 is 1.06 bits per heavy atom. The van der Waals surface area contributed by atoms with Gasteiger partial charge in [-0.3, -0.25) is 19.3 Å². The summed E-state index contributed by atoms with van der Waals surface area (Å²) in [5.74, 6) is -0.741. The van der Waals surface area contributed by atoms with Gasteiger partial charge in [-0.15, -0.1) is 0 Å². The second kappa shape index (κ2) is 8.85. The number of imidazole rings is 1. The van der Waals surface area contributed by atoms with Crippen LogP contribution in [0.4, 0.5) is 4.39 Å². The van der Waals surface area contributed by atoms with Gasteiger partial charge in [0.1, 0.15) is 11.6 Å². The van der Waals surface area contributed by atoms with Gasteiger partial charge in [0.15, 0.2) is 0 Å². The van der Waals surface area contributed by atoms with Crippen molar-refractivity contribution in [3.8, 4) is 5.69 Å². The molecular weight excluding hydrogens is 435 g/mol. The van der Waals surface area contributed by atoms with Crippen LogP contribution in [0.25, 0.3) is 5.69 Å². The number of carbonyl (C=O) groups is 3. The van der Waals surface area contributed by atoms with E-state index in [-0.39, 0.29) is 35.5 Å². The third-order valence-electron chi connectivity index (χ3n) is 6.67. The maximum atomic E-state index is 14.6. The highest BCUT2D eigenvalue weighted by atomic mass is 19.1. The van der Waals surface area contributed by atoms with Crippen LogP contribution in [0, 0.1) is 12.7 Å². The Hall–Kier alpha value is -3.81. The molecule has 8 heteroatoms. The van der Waals surface area contributed by atoms with Gasteiger partial charge < -0.3 is 9.88 Å². The maximum absolute atomic E-state index is 14.6. The standard InChI is InChI=1S/C26H25FN4O3/c1-16-28-11-12-30(16)23-10-7-17(13-22(23)27)15-29-24(32)18-8-9-20-21(14-18)26(34)31(25(20)33)19-5-3-2-4-6-19/h7-14,19H,2-6,15H2,1H3,(H,29,32). The first-order chi connectivity index (χ1) is 16.4. The van der Waals surface area contributed by atoms with Gasteiger partial charge >= 0.3 is 0 Å². The fraction of sp³-hybridized carbons (Fsp3) is 0.308. The fourth-order valence-corrected chi connectivity index (χ4v) is 4.84. The molecule has 0 bridgehead atoms. The van der Waals surface area contributed by atoms with E-state index in [9.17, 15) is 18.8 Å². The molecule has 1 aliphatic heterocycles. The molecule has 2 aliphatic rings. The molecule has 2 heterocycles. The third-order valence-corrected chi connectivity index (χ3v) is 6.67. The summed E-state index contributed by atoms with van der Waals surface area (Å²) >= 11 is 0. The number of nitrogens with zero attached hydrogens (tertiary/aromatic N) is 3. The summed E-state index contributed by atoms with van der Waals surface area (Å²) in [7, 11) is 0. The largest absolute Gasteiger partial charge is 0.348 e. The highest BCUT2D eigenvalue weighted by molar-refractivity contribution is 6.22. The third kappa shape index (κ3) is 3.89. The minimum Gasteiger partial charge on any atom is -0.348 e. The van der Waals surface area contributed by atoms with E-state index in [1.54, 1.807) is 48.1 Å². The lowest BCUT2D eigenvalue weighted by molar-refractivity contribution is 0.0548. The summed E-state index contributed by atoms with van der Waals surface area (Å²) in [4.78, 5) is 44.0. The number of carbonyl (C=O) groups excluding carboxylic acids is 3. The first-order valence-corrected chi connectivity index (χ1v) is 11.5. The first-order valence-electron chi connectivity index (χ1n) is 11.5. The van der Waals surface area contributed by atoms with Crippen molar-refractivity contribution in [2.24, 2.45) is 0 Å². The van der Waals surface area contributed by atoms with Crippen LogP contribution in [0.15, 0.2) is 48.8 Å². The summed E-state index contributed by atoms with van der Waals surface area (Å²) < 4.78 is 16.3. The molecule has 1 aromatic heterocycles. The predicted octanol–water partition coefficient (Wildman–Crippen LogP) is 4.18. The van der Waals surface area contributed by atoms with Gasteiger partial charge in [0, 0.05) is 30.5 Å². The quantitative estimate of drug-likeness (QED) is 0.579. The summed E-state index contributed by atoms with van der Waals surface area (Å²) in [6.07, 6.45) is 8.09. The number of hydrogen-bond donors (Lipinski definition) is 1. The molecule has 0 radical (unpaired) electrons. The van der Waals surface area contributed by atoms with E-state index >= 15 is 0 Å². The van der Waals surface area contributed by atoms with E-state index < -0.39 is 11.7 Å². The molecular formula is C26H25FN4O3. The molecule has 0 unspecified atom stereocenters. The number of aryl methyl sites for hydroxylation is 1. The summed E-state index contributed by atoms with van der Waals surface area (Å²) in [5, 5.41) is 2.77. The average molecular weight is 461 g/mol. The molecule has 3 aromatic rings. The molecule has 5 rings (SSSR count). The van der Waals surface area contributed by atoms with Crippen molar-refractivity contribution < 1.29 is 18.8 Å². The topological polar surface area (TPSA) is 84.3 Å². The average Bonchev–Trinajstić information content (AvgIpc) is 3.38. The van der Waals surface area contributed by atoms with Crippen LogP contribution in [0.1, 0.15) is 74.6 Å². The minimum atomic E-state index is -0.419. The Labute approximate surface area is 196 Å². The van der Waals surface area contributed by atoms with Gasteiger partial charge in [-0.1, -0.05) is 25.3 Å². The predicted molar refractivity (Wildman–Crippen MR) is 123 cm³/mol. The lowest BCUT2D eigenvalue weighted by Gasteiger charge is -2.29. The van der Waals surface area contributed by atoms with Crippen molar-refractivity contribution in [3.05, 3.63) is 82.7 Å². The number of benzene rings is 2. The van der Waals surface area contributed by atoms with Crippen molar-refractivity contribution in [2.45, 2.75) is 51.6 Å². The Morgan fingerprint density at radius 2 is 1.82 bits per heavy atom.